The molecule has 3 rings (SSSR count). The van der Waals surface area contributed by atoms with Crippen LogP contribution in [0, 0.1) is 5.82 Å². The Bertz CT molecular complexity index is 1120. The van der Waals surface area contributed by atoms with Crippen LogP contribution in [-0.2, 0) is 6.18 Å². The van der Waals surface area contributed by atoms with Crippen molar-refractivity contribution in [1.82, 2.24) is 25.3 Å². The van der Waals surface area contributed by atoms with Gasteiger partial charge in [0, 0.05) is 18.5 Å². The molecule has 7 nitrogen and oxygen atoms in total. The van der Waals surface area contributed by atoms with E-state index in [4.69, 9.17) is 0 Å². The fourth-order valence-electron chi connectivity index (χ4n) is 2.73. The molecular formula is C19H15F4N5O2. The summed E-state index contributed by atoms with van der Waals surface area (Å²) in [5, 5.41) is 2.55. The molecule has 0 fully saturated rings. The minimum absolute atomic E-state index is 0.0260. The molecule has 0 aliphatic rings. The number of benzene rings is 1. The molecule has 1 amide bonds. The van der Waals surface area contributed by atoms with Crippen molar-refractivity contribution >= 4 is 5.91 Å². The lowest BCUT2D eigenvalue weighted by Crippen LogP contribution is -2.30. The third kappa shape index (κ3) is 4.67. The summed E-state index contributed by atoms with van der Waals surface area (Å²) in [6.07, 6.45) is -1.70. The number of amides is 1. The predicted molar refractivity (Wildman–Crippen MR) is 97.8 cm³/mol. The van der Waals surface area contributed by atoms with Crippen LogP contribution in [0.2, 0.25) is 0 Å². The highest BCUT2D eigenvalue weighted by molar-refractivity contribution is 5.92. The smallest absolute Gasteiger partial charge is 0.344 e. The van der Waals surface area contributed by atoms with Gasteiger partial charge in [0.25, 0.3) is 11.5 Å². The molecular weight excluding hydrogens is 406 g/mol. The Labute approximate surface area is 167 Å². The van der Waals surface area contributed by atoms with E-state index in [9.17, 15) is 27.2 Å². The van der Waals surface area contributed by atoms with Crippen LogP contribution in [0.25, 0.3) is 11.6 Å². The fraction of sp³-hybridized carbons (Fsp3) is 0.211. The van der Waals surface area contributed by atoms with Crippen LogP contribution in [0.1, 0.15) is 41.0 Å². The number of aromatic nitrogens is 4. The average Bonchev–Trinajstić information content (AvgIpc) is 2.71. The Morgan fingerprint density at radius 2 is 1.90 bits per heavy atom. The largest absolute Gasteiger partial charge is 0.419 e. The molecule has 1 aromatic carbocycles. The van der Waals surface area contributed by atoms with E-state index < -0.39 is 35.1 Å². The van der Waals surface area contributed by atoms with E-state index in [1.165, 1.54) is 12.4 Å². The quantitative estimate of drug-likeness (QED) is 0.616. The fourth-order valence-corrected chi connectivity index (χ4v) is 2.73. The van der Waals surface area contributed by atoms with Gasteiger partial charge in [-0.05, 0) is 30.2 Å². The van der Waals surface area contributed by atoms with Crippen LogP contribution in [-0.4, -0.2) is 25.8 Å². The summed E-state index contributed by atoms with van der Waals surface area (Å²) in [7, 11) is 0. The Morgan fingerprint density at radius 1 is 1.20 bits per heavy atom. The van der Waals surface area contributed by atoms with Crippen LogP contribution in [0.3, 0.4) is 0 Å². The normalized spacial score (nSPS) is 12.4. The average molecular weight is 421 g/mol. The SMILES string of the molecule is CC[C@@H](NC(=O)c1cc(=O)[nH]c(-c2ncccn2)n1)c1ccc(C(F)(F)F)c(F)c1. The maximum atomic E-state index is 13.9. The molecule has 1 atom stereocenters. The Kier molecular flexibility index (Phi) is 5.90. The Hall–Kier alpha value is -3.63. The molecule has 0 aliphatic heterocycles. The standard InChI is InChI=1S/C19H15F4N5O2/c1-2-13(10-4-5-11(12(20)8-10)19(21,22)23)27-18(30)14-9-15(29)28-17(26-14)16-24-6-3-7-25-16/h3-9,13H,2H2,1H3,(H,27,30)(H,26,28,29)/t13-/m1/s1. The van der Waals surface area contributed by atoms with Gasteiger partial charge in [-0.2, -0.15) is 13.2 Å². The number of hydrogen-bond donors (Lipinski definition) is 2. The topological polar surface area (TPSA) is 101 Å². The van der Waals surface area contributed by atoms with Crippen LogP contribution in [0.4, 0.5) is 17.6 Å². The van der Waals surface area contributed by atoms with E-state index in [0.717, 1.165) is 18.2 Å². The molecule has 30 heavy (non-hydrogen) atoms. The van der Waals surface area contributed by atoms with Gasteiger partial charge in [-0.1, -0.05) is 13.0 Å². The molecule has 0 saturated carbocycles. The number of aromatic amines is 1. The lowest BCUT2D eigenvalue weighted by molar-refractivity contribution is -0.140. The van der Waals surface area contributed by atoms with Gasteiger partial charge in [-0.25, -0.2) is 19.3 Å². The van der Waals surface area contributed by atoms with Crippen molar-refractivity contribution in [3.63, 3.8) is 0 Å². The second-order valence-electron chi connectivity index (χ2n) is 6.22. The van der Waals surface area contributed by atoms with E-state index in [2.05, 4.69) is 25.3 Å². The third-order valence-electron chi connectivity index (χ3n) is 4.17. The highest BCUT2D eigenvalue weighted by Gasteiger charge is 2.34. The molecule has 2 aromatic heterocycles. The summed E-state index contributed by atoms with van der Waals surface area (Å²) in [5.74, 6) is -2.13. The zero-order valence-corrected chi connectivity index (χ0v) is 15.5. The van der Waals surface area contributed by atoms with Crippen molar-refractivity contribution in [2.24, 2.45) is 0 Å². The van der Waals surface area contributed by atoms with E-state index in [-0.39, 0.29) is 29.3 Å². The first-order valence-corrected chi connectivity index (χ1v) is 8.75. The van der Waals surface area contributed by atoms with Gasteiger partial charge in [-0.15, -0.1) is 0 Å². The molecule has 0 saturated heterocycles. The maximum absolute atomic E-state index is 13.9. The van der Waals surface area contributed by atoms with E-state index >= 15 is 0 Å². The second kappa shape index (κ2) is 8.39. The lowest BCUT2D eigenvalue weighted by atomic mass is 10.0. The Morgan fingerprint density at radius 3 is 2.50 bits per heavy atom. The number of H-pyrrole nitrogens is 1. The Balaban J connectivity index is 1.87. The van der Waals surface area contributed by atoms with Crippen molar-refractivity contribution in [2.45, 2.75) is 25.6 Å². The van der Waals surface area contributed by atoms with Crippen molar-refractivity contribution in [3.8, 4) is 11.6 Å². The molecule has 3 aromatic rings. The molecule has 0 spiro atoms. The van der Waals surface area contributed by atoms with Crippen LogP contribution < -0.4 is 10.9 Å². The van der Waals surface area contributed by atoms with Crippen molar-refractivity contribution in [3.05, 3.63) is 75.7 Å². The van der Waals surface area contributed by atoms with Crippen LogP contribution >= 0.6 is 0 Å². The van der Waals surface area contributed by atoms with Crippen LogP contribution in [0.15, 0.2) is 47.5 Å². The molecule has 2 N–H and O–H groups in total. The lowest BCUT2D eigenvalue weighted by Gasteiger charge is -2.18. The molecule has 2 heterocycles. The molecule has 0 unspecified atom stereocenters. The van der Waals surface area contributed by atoms with E-state index in [1.54, 1.807) is 13.0 Å². The molecule has 0 bridgehead atoms. The number of carbonyl (C=O) groups is 1. The highest BCUT2D eigenvalue weighted by atomic mass is 19.4. The van der Waals surface area contributed by atoms with Crippen molar-refractivity contribution in [1.29, 1.82) is 0 Å². The number of hydrogen-bond acceptors (Lipinski definition) is 5. The summed E-state index contributed by atoms with van der Waals surface area (Å²) in [6.45, 7) is 1.66. The zero-order valence-electron chi connectivity index (χ0n) is 15.5. The summed E-state index contributed by atoms with van der Waals surface area (Å²) in [5.41, 5.74) is -2.11. The minimum Gasteiger partial charge on any atom is -0.344 e. The zero-order chi connectivity index (χ0) is 21.9. The molecule has 11 heteroatoms. The summed E-state index contributed by atoms with van der Waals surface area (Å²) in [6, 6.07) is 4.16. The predicted octanol–water partition coefficient (Wildman–Crippen LogP) is 3.27. The summed E-state index contributed by atoms with van der Waals surface area (Å²) < 4.78 is 52.1. The van der Waals surface area contributed by atoms with E-state index in [0.29, 0.717) is 6.07 Å². The monoisotopic (exact) mass is 421 g/mol. The summed E-state index contributed by atoms with van der Waals surface area (Å²) in [4.78, 5) is 38.8. The minimum atomic E-state index is -4.82. The van der Waals surface area contributed by atoms with E-state index in [1.807, 2.05) is 0 Å². The van der Waals surface area contributed by atoms with Gasteiger partial charge >= 0.3 is 6.18 Å². The maximum Gasteiger partial charge on any atom is 0.419 e. The first-order chi connectivity index (χ1) is 14.2. The highest BCUT2D eigenvalue weighted by Crippen LogP contribution is 2.32. The first-order valence-electron chi connectivity index (χ1n) is 8.75. The number of nitrogens with zero attached hydrogens (tertiary/aromatic N) is 3. The first kappa shape index (κ1) is 21.1. The molecule has 156 valence electrons. The molecule has 0 aliphatic carbocycles. The van der Waals surface area contributed by atoms with Crippen LogP contribution in [0.5, 0.6) is 0 Å². The number of nitrogens with one attached hydrogen (secondary N) is 2. The number of rotatable bonds is 5. The van der Waals surface area contributed by atoms with Gasteiger partial charge in [-0.3, -0.25) is 9.59 Å². The number of halogens is 4. The van der Waals surface area contributed by atoms with Gasteiger partial charge in [0.1, 0.15) is 11.5 Å². The van der Waals surface area contributed by atoms with Gasteiger partial charge in [0.15, 0.2) is 11.6 Å². The molecule has 0 radical (unpaired) electrons. The van der Waals surface area contributed by atoms with Gasteiger partial charge in [0.05, 0.1) is 11.6 Å². The number of carbonyl (C=O) groups excluding carboxylic acids is 1. The summed E-state index contributed by atoms with van der Waals surface area (Å²) >= 11 is 0. The van der Waals surface area contributed by atoms with Crippen molar-refractivity contribution < 1.29 is 22.4 Å². The van der Waals surface area contributed by atoms with Gasteiger partial charge in [0.2, 0.25) is 0 Å². The second-order valence-corrected chi connectivity index (χ2v) is 6.22. The van der Waals surface area contributed by atoms with Crippen molar-refractivity contribution in [2.75, 3.05) is 0 Å². The van der Waals surface area contributed by atoms with Gasteiger partial charge < -0.3 is 10.3 Å². The number of alkyl halides is 3. The third-order valence-corrected chi connectivity index (χ3v) is 4.17.